The summed E-state index contributed by atoms with van der Waals surface area (Å²) in [4.78, 5) is 12.3. The first-order valence-electron chi connectivity index (χ1n) is 9.15. The molecule has 0 saturated heterocycles. The van der Waals surface area contributed by atoms with E-state index in [1.807, 2.05) is 6.92 Å². The van der Waals surface area contributed by atoms with Crippen LogP contribution in [0, 0.1) is 0 Å². The first-order valence-corrected chi connectivity index (χ1v) is 10.6. The third-order valence-electron chi connectivity index (χ3n) is 5.59. The first-order chi connectivity index (χ1) is 12.9. The molecule has 2 aromatic rings. The predicted octanol–water partition coefficient (Wildman–Crippen LogP) is 1.76. The van der Waals surface area contributed by atoms with Crippen molar-refractivity contribution >= 4 is 21.7 Å². The highest BCUT2D eigenvalue weighted by Crippen LogP contribution is 2.40. The van der Waals surface area contributed by atoms with Crippen molar-refractivity contribution in [3.63, 3.8) is 0 Å². The molecular weight excluding hydrogens is 368 g/mol. The van der Waals surface area contributed by atoms with E-state index in [4.69, 9.17) is 4.74 Å². The van der Waals surface area contributed by atoms with E-state index in [1.165, 1.54) is 22.0 Å². The summed E-state index contributed by atoms with van der Waals surface area (Å²) < 4.78 is 34.6. The number of hydrogen-bond acceptors (Lipinski definition) is 5. The number of nitrogens with zero attached hydrogens (tertiary/aromatic N) is 2. The van der Waals surface area contributed by atoms with Crippen molar-refractivity contribution in [1.29, 1.82) is 0 Å². The highest BCUT2D eigenvalue weighted by molar-refractivity contribution is 7.90. The van der Waals surface area contributed by atoms with E-state index in [0.29, 0.717) is 6.54 Å². The van der Waals surface area contributed by atoms with Crippen LogP contribution in [-0.4, -0.2) is 30.3 Å². The second-order valence-electron chi connectivity index (χ2n) is 7.34. The average Bonchev–Trinajstić information content (AvgIpc) is 2.95. The first kappa shape index (κ1) is 16.6. The van der Waals surface area contributed by atoms with Gasteiger partial charge in [-0.3, -0.25) is 0 Å². The second kappa shape index (κ2) is 5.72. The Balaban J connectivity index is 1.38. The summed E-state index contributed by atoms with van der Waals surface area (Å²) in [5.74, 6) is 0.182. The number of anilines is 1. The van der Waals surface area contributed by atoms with E-state index in [1.54, 1.807) is 0 Å². The van der Waals surface area contributed by atoms with E-state index in [0.717, 1.165) is 48.9 Å². The van der Waals surface area contributed by atoms with Crippen LogP contribution in [0.1, 0.15) is 35.6 Å². The molecule has 2 heterocycles. The number of rotatable bonds is 3. The molecule has 1 aromatic heterocycles. The maximum atomic E-state index is 12.7. The Morgan fingerprint density at radius 2 is 1.93 bits per heavy atom. The van der Waals surface area contributed by atoms with Gasteiger partial charge in [0.15, 0.2) is 4.90 Å². The van der Waals surface area contributed by atoms with Crippen molar-refractivity contribution in [1.82, 2.24) is 14.5 Å². The molecule has 0 radical (unpaired) electrons. The lowest BCUT2D eigenvalue weighted by Gasteiger charge is -2.32. The van der Waals surface area contributed by atoms with Gasteiger partial charge in [-0.15, -0.1) is 0 Å². The normalized spacial score (nSPS) is 19.5. The van der Waals surface area contributed by atoms with E-state index in [2.05, 4.69) is 21.2 Å². The number of sulfonamides is 1. The van der Waals surface area contributed by atoms with Crippen LogP contribution in [0.2, 0.25) is 0 Å². The van der Waals surface area contributed by atoms with Gasteiger partial charge in [0.25, 0.3) is 10.0 Å². The zero-order valence-electron chi connectivity index (χ0n) is 14.9. The van der Waals surface area contributed by atoms with Crippen molar-refractivity contribution in [2.75, 3.05) is 5.32 Å². The molecule has 8 nitrogen and oxygen atoms in total. The molecule has 2 aliphatic carbocycles. The molecular formula is C18H20N4O4S. The predicted molar refractivity (Wildman–Crippen MR) is 97.5 cm³/mol. The lowest BCUT2D eigenvalue weighted by Crippen LogP contribution is -2.36. The van der Waals surface area contributed by atoms with Gasteiger partial charge in [-0.2, -0.15) is 5.10 Å². The van der Waals surface area contributed by atoms with Gasteiger partial charge >= 0.3 is 6.03 Å². The Kier molecular flexibility index (Phi) is 3.52. The minimum absolute atomic E-state index is 0.0982. The van der Waals surface area contributed by atoms with Gasteiger partial charge in [0.1, 0.15) is 0 Å². The van der Waals surface area contributed by atoms with Crippen LogP contribution in [0.5, 0.6) is 5.88 Å². The Morgan fingerprint density at radius 1 is 1.22 bits per heavy atom. The van der Waals surface area contributed by atoms with Crippen molar-refractivity contribution in [2.45, 2.75) is 56.6 Å². The molecule has 5 rings (SSSR count). The van der Waals surface area contributed by atoms with Crippen LogP contribution in [-0.2, 0) is 42.3 Å². The number of hydrogen-bond donors (Lipinski definition) is 2. The van der Waals surface area contributed by atoms with Gasteiger partial charge in [-0.05, 0) is 54.9 Å². The number of urea groups is 1. The minimum Gasteiger partial charge on any atom is -0.474 e. The molecule has 0 fully saturated rings. The van der Waals surface area contributed by atoms with Gasteiger partial charge in [0.2, 0.25) is 5.88 Å². The number of aryl methyl sites for hydroxylation is 3. The summed E-state index contributed by atoms with van der Waals surface area (Å²) in [6, 6.07) is 1.45. The molecule has 2 N–H and O–H groups in total. The fourth-order valence-electron chi connectivity index (χ4n) is 3.91. The molecule has 142 valence electrons. The highest BCUT2D eigenvalue weighted by atomic mass is 32.2. The van der Waals surface area contributed by atoms with Crippen LogP contribution in [0.3, 0.4) is 0 Å². The SMILES string of the molecule is CC1CCn2ncc(S(=O)(=O)NC(=O)Nc3c4c(cc5c3CC5)CC4)c2O1. The Labute approximate surface area is 156 Å². The number of fused-ring (bicyclic) bond motifs is 3. The molecule has 1 atom stereocenters. The molecule has 1 aromatic carbocycles. The third kappa shape index (κ3) is 2.60. The van der Waals surface area contributed by atoms with Gasteiger partial charge in [-0.25, -0.2) is 22.6 Å². The maximum absolute atomic E-state index is 12.7. The molecule has 0 saturated carbocycles. The molecule has 1 aliphatic heterocycles. The van der Waals surface area contributed by atoms with Gasteiger partial charge in [0.05, 0.1) is 12.3 Å². The standard InChI is InChI=1S/C18H20N4O4S/c1-10-6-7-22-17(26-10)15(9-19-22)27(24,25)21-18(23)20-16-13-4-2-11(13)8-12-3-5-14(12)16/h8-10H,2-7H2,1H3,(H2,20,21,23). The molecule has 0 spiro atoms. The van der Waals surface area contributed by atoms with Crippen LogP contribution >= 0.6 is 0 Å². The van der Waals surface area contributed by atoms with Crippen LogP contribution < -0.4 is 14.8 Å². The molecule has 27 heavy (non-hydrogen) atoms. The van der Waals surface area contributed by atoms with Crippen molar-refractivity contribution in [2.24, 2.45) is 0 Å². The smallest absolute Gasteiger partial charge is 0.333 e. The van der Waals surface area contributed by atoms with E-state index < -0.39 is 16.1 Å². The summed E-state index contributed by atoms with van der Waals surface area (Å²) in [7, 11) is -4.08. The number of carbonyl (C=O) groups is 1. The zero-order valence-corrected chi connectivity index (χ0v) is 15.7. The number of nitrogens with one attached hydrogen (secondary N) is 2. The number of benzene rings is 1. The Bertz CT molecular complexity index is 1040. The number of aromatic nitrogens is 2. The van der Waals surface area contributed by atoms with Crippen molar-refractivity contribution in [3.05, 3.63) is 34.5 Å². The number of amides is 2. The van der Waals surface area contributed by atoms with Crippen molar-refractivity contribution in [3.8, 4) is 5.88 Å². The summed E-state index contributed by atoms with van der Waals surface area (Å²) in [6.07, 6.45) is 5.72. The summed E-state index contributed by atoms with van der Waals surface area (Å²) in [5, 5.41) is 6.83. The monoisotopic (exact) mass is 388 g/mol. The van der Waals surface area contributed by atoms with Crippen LogP contribution in [0.4, 0.5) is 10.5 Å². The van der Waals surface area contributed by atoms with Crippen molar-refractivity contribution < 1.29 is 17.9 Å². The Hall–Kier alpha value is -2.55. The van der Waals surface area contributed by atoms with E-state index in [-0.39, 0.29) is 16.9 Å². The van der Waals surface area contributed by atoms with E-state index >= 15 is 0 Å². The molecule has 2 amide bonds. The van der Waals surface area contributed by atoms with Gasteiger partial charge < -0.3 is 10.1 Å². The van der Waals surface area contributed by atoms with Crippen LogP contribution in [0.25, 0.3) is 0 Å². The molecule has 9 heteroatoms. The van der Waals surface area contributed by atoms with Gasteiger partial charge in [0, 0.05) is 18.7 Å². The lowest BCUT2D eigenvalue weighted by molar-refractivity contribution is 0.144. The number of ether oxygens (including phenoxy) is 1. The maximum Gasteiger partial charge on any atom is 0.333 e. The minimum atomic E-state index is -4.08. The van der Waals surface area contributed by atoms with Gasteiger partial charge in [-0.1, -0.05) is 6.07 Å². The molecule has 0 bridgehead atoms. The van der Waals surface area contributed by atoms with E-state index in [9.17, 15) is 13.2 Å². The average molecular weight is 388 g/mol. The fourth-order valence-corrected chi connectivity index (χ4v) is 4.89. The topological polar surface area (TPSA) is 102 Å². The third-order valence-corrected chi connectivity index (χ3v) is 6.90. The zero-order chi connectivity index (χ0) is 18.8. The summed E-state index contributed by atoms with van der Waals surface area (Å²) in [5.41, 5.74) is 5.54. The van der Waals surface area contributed by atoms with Crippen LogP contribution in [0.15, 0.2) is 17.2 Å². The lowest BCUT2D eigenvalue weighted by atomic mass is 9.76. The number of carbonyl (C=O) groups excluding carboxylic acids is 1. The summed E-state index contributed by atoms with van der Waals surface area (Å²) >= 11 is 0. The Morgan fingerprint density at radius 3 is 2.56 bits per heavy atom. The highest BCUT2D eigenvalue weighted by Gasteiger charge is 2.32. The molecule has 1 unspecified atom stereocenters. The largest absolute Gasteiger partial charge is 0.474 e. The fraction of sp³-hybridized carbons (Fsp3) is 0.444. The quantitative estimate of drug-likeness (QED) is 0.834. The second-order valence-corrected chi connectivity index (χ2v) is 8.99. The molecule has 3 aliphatic rings. The summed E-state index contributed by atoms with van der Waals surface area (Å²) in [6.45, 7) is 2.46.